The number of halogens is 1. The van der Waals surface area contributed by atoms with Crippen molar-refractivity contribution >= 4 is 28.5 Å². The van der Waals surface area contributed by atoms with Crippen molar-refractivity contribution in [2.45, 2.75) is 13.8 Å². The van der Waals surface area contributed by atoms with Crippen molar-refractivity contribution in [2.24, 2.45) is 0 Å². The molecule has 0 amide bonds. The first kappa shape index (κ1) is 18.0. The molecule has 0 fully saturated rings. The van der Waals surface area contributed by atoms with Gasteiger partial charge in [-0.25, -0.2) is 4.79 Å². The van der Waals surface area contributed by atoms with E-state index in [0.29, 0.717) is 46.6 Å². The average molecular weight is 372 g/mol. The van der Waals surface area contributed by atoms with Gasteiger partial charge in [-0.15, -0.1) is 0 Å². The molecule has 0 unspecified atom stereocenters. The molecule has 0 radical (unpaired) electrons. The minimum absolute atomic E-state index is 0.314. The summed E-state index contributed by atoms with van der Waals surface area (Å²) in [7, 11) is 0. The van der Waals surface area contributed by atoms with Crippen molar-refractivity contribution in [3.05, 3.63) is 59.2 Å². The van der Waals surface area contributed by atoms with Gasteiger partial charge in [0.05, 0.1) is 18.2 Å². The summed E-state index contributed by atoms with van der Waals surface area (Å²) in [5, 5.41) is 1.26. The quantitative estimate of drug-likeness (QED) is 0.455. The summed E-state index contributed by atoms with van der Waals surface area (Å²) < 4.78 is 16.6. The molecule has 1 aromatic heterocycles. The number of aromatic nitrogens is 1. The van der Waals surface area contributed by atoms with E-state index in [-0.39, 0.29) is 0 Å². The normalized spacial score (nSPS) is 10.6. The van der Waals surface area contributed by atoms with Crippen LogP contribution in [0.3, 0.4) is 0 Å². The van der Waals surface area contributed by atoms with E-state index in [4.69, 9.17) is 25.8 Å². The molecule has 1 heterocycles. The number of hydrogen-bond donors (Lipinski definition) is 0. The summed E-state index contributed by atoms with van der Waals surface area (Å²) in [5.74, 6) is 0.845. The summed E-state index contributed by atoms with van der Waals surface area (Å²) in [6, 6.07) is 11.9. The number of ether oxygens (including phenoxy) is 3. The number of nitrogens with zero attached hydrogens (tertiary/aromatic N) is 1. The molecule has 0 aliphatic carbocycles. The van der Waals surface area contributed by atoms with Crippen LogP contribution in [0.15, 0.2) is 48.7 Å². The number of carbonyl (C=O) groups is 1. The predicted molar refractivity (Wildman–Crippen MR) is 100 cm³/mol. The van der Waals surface area contributed by atoms with Crippen molar-refractivity contribution < 1.29 is 19.0 Å². The van der Waals surface area contributed by atoms with Crippen LogP contribution in [-0.4, -0.2) is 24.2 Å². The second-order valence-electron chi connectivity index (χ2n) is 5.36. The number of hydrogen-bond acceptors (Lipinski definition) is 5. The molecule has 0 N–H and O–H groups in total. The third-order valence-corrected chi connectivity index (χ3v) is 4.00. The smallest absolute Gasteiger partial charge is 0.347 e. The molecular weight excluding hydrogens is 354 g/mol. The summed E-state index contributed by atoms with van der Waals surface area (Å²) in [6.45, 7) is 4.68. The number of pyridine rings is 1. The van der Waals surface area contributed by atoms with Gasteiger partial charge in [0.2, 0.25) is 0 Å². The monoisotopic (exact) mass is 371 g/mol. The van der Waals surface area contributed by atoms with E-state index in [2.05, 4.69) is 4.98 Å². The van der Waals surface area contributed by atoms with Gasteiger partial charge < -0.3 is 14.2 Å². The highest BCUT2D eigenvalue weighted by Crippen LogP contribution is 2.31. The van der Waals surface area contributed by atoms with Gasteiger partial charge in [-0.1, -0.05) is 11.6 Å². The molecule has 0 aliphatic rings. The van der Waals surface area contributed by atoms with Crippen molar-refractivity contribution in [1.29, 1.82) is 0 Å². The Bertz CT molecular complexity index is 942. The predicted octanol–water partition coefficient (Wildman–Crippen LogP) is 4.90. The Labute approximate surface area is 156 Å². The van der Waals surface area contributed by atoms with Gasteiger partial charge >= 0.3 is 5.97 Å². The molecule has 0 bridgehead atoms. The molecule has 0 spiro atoms. The number of fused-ring (bicyclic) bond motifs is 1. The lowest BCUT2D eigenvalue weighted by Gasteiger charge is -2.13. The first-order valence-corrected chi connectivity index (χ1v) is 8.66. The summed E-state index contributed by atoms with van der Waals surface area (Å²) >= 11 is 6.18. The van der Waals surface area contributed by atoms with Crippen LogP contribution < -0.4 is 14.2 Å². The first-order chi connectivity index (χ1) is 12.6. The van der Waals surface area contributed by atoms with Crippen molar-refractivity contribution in [3.8, 4) is 17.2 Å². The van der Waals surface area contributed by atoms with Crippen molar-refractivity contribution in [3.63, 3.8) is 0 Å². The third kappa shape index (κ3) is 3.73. The van der Waals surface area contributed by atoms with Gasteiger partial charge in [0.25, 0.3) is 0 Å². The zero-order valence-electron chi connectivity index (χ0n) is 14.5. The fraction of sp³-hybridized carbons (Fsp3) is 0.200. The maximum atomic E-state index is 12.7. The lowest BCUT2D eigenvalue weighted by Crippen LogP contribution is -2.11. The van der Waals surface area contributed by atoms with Crippen LogP contribution in [0, 0.1) is 0 Å². The average Bonchev–Trinajstić information content (AvgIpc) is 2.65. The Morgan fingerprint density at radius 1 is 1.04 bits per heavy atom. The van der Waals surface area contributed by atoms with E-state index in [1.54, 1.807) is 42.6 Å². The minimum atomic E-state index is -0.536. The van der Waals surface area contributed by atoms with E-state index in [1.165, 1.54) is 0 Å². The molecule has 0 saturated carbocycles. The van der Waals surface area contributed by atoms with Crippen LogP contribution in [0.5, 0.6) is 17.2 Å². The van der Waals surface area contributed by atoms with Crippen LogP contribution in [0.2, 0.25) is 5.02 Å². The summed E-state index contributed by atoms with van der Waals surface area (Å²) in [6.07, 6.45) is 1.62. The molecule has 3 aromatic rings. The lowest BCUT2D eigenvalue weighted by molar-refractivity contribution is 0.0732. The largest absolute Gasteiger partial charge is 0.494 e. The minimum Gasteiger partial charge on any atom is -0.494 e. The van der Waals surface area contributed by atoms with Gasteiger partial charge in [-0.2, -0.15) is 0 Å². The molecule has 6 heteroatoms. The molecule has 5 nitrogen and oxygen atoms in total. The zero-order chi connectivity index (χ0) is 18.5. The van der Waals surface area contributed by atoms with E-state index in [9.17, 15) is 4.79 Å². The maximum absolute atomic E-state index is 12.7. The number of carbonyl (C=O) groups excluding carboxylic acids is 1. The SMILES string of the molecule is CCOc1ccc(C(=O)Oc2ccc(Cl)c3cccnc23)c(OCC)c1. The zero-order valence-corrected chi connectivity index (χ0v) is 15.2. The Balaban J connectivity index is 1.94. The molecule has 0 aliphatic heterocycles. The van der Waals surface area contributed by atoms with Crippen LogP contribution in [-0.2, 0) is 0 Å². The molecule has 0 atom stereocenters. The van der Waals surface area contributed by atoms with Gasteiger partial charge in [-0.3, -0.25) is 4.98 Å². The number of benzene rings is 2. The number of esters is 1. The van der Waals surface area contributed by atoms with E-state index >= 15 is 0 Å². The Morgan fingerprint density at radius 3 is 2.62 bits per heavy atom. The van der Waals surface area contributed by atoms with Crippen molar-refractivity contribution in [1.82, 2.24) is 4.98 Å². The van der Waals surface area contributed by atoms with Crippen LogP contribution in [0.1, 0.15) is 24.2 Å². The summed E-state index contributed by atoms with van der Waals surface area (Å²) in [4.78, 5) is 17.0. The fourth-order valence-electron chi connectivity index (χ4n) is 2.55. The topological polar surface area (TPSA) is 57.7 Å². The first-order valence-electron chi connectivity index (χ1n) is 8.29. The highest BCUT2D eigenvalue weighted by molar-refractivity contribution is 6.35. The van der Waals surface area contributed by atoms with Gasteiger partial charge in [-0.05, 0) is 50.2 Å². The van der Waals surface area contributed by atoms with E-state index < -0.39 is 5.97 Å². The lowest BCUT2D eigenvalue weighted by atomic mass is 10.2. The Hall–Kier alpha value is -2.79. The highest BCUT2D eigenvalue weighted by Gasteiger charge is 2.18. The van der Waals surface area contributed by atoms with E-state index in [1.807, 2.05) is 19.9 Å². The Morgan fingerprint density at radius 2 is 1.85 bits per heavy atom. The molecule has 2 aromatic carbocycles. The molecule has 134 valence electrons. The molecule has 0 saturated heterocycles. The van der Waals surface area contributed by atoms with Crippen molar-refractivity contribution in [2.75, 3.05) is 13.2 Å². The highest BCUT2D eigenvalue weighted by atomic mass is 35.5. The maximum Gasteiger partial charge on any atom is 0.347 e. The number of rotatable bonds is 6. The second-order valence-corrected chi connectivity index (χ2v) is 5.77. The van der Waals surface area contributed by atoms with Crippen LogP contribution in [0.25, 0.3) is 10.9 Å². The van der Waals surface area contributed by atoms with Crippen LogP contribution in [0.4, 0.5) is 0 Å². The molecular formula is C20H18ClNO4. The molecule has 26 heavy (non-hydrogen) atoms. The summed E-state index contributed by atoms with van der Waals surface area (Å²) in [5.41, 5.74) is 0.839. The van der Waals surface area contributed by atoms with Gasteiger partial charge in [0, 0.05) is 17.6 Å². The molecule has 3 rings (SSSR count). The standard InChI is InChI=1S/C20H18ClNO4/c1-3-24-13-7-8-15(18(12-13)25-4-2)20(23)26-17-10-9-16(21)14-6-5-11-22-19(14)17/h5-12H,3-4H2,1-2H3. The van der Waals surface area contributed by atoms with Crippen LogP contribution >= 0.6 is 11.6 Å². The van der Waals surface area contributed by atoms with Gasteiger partial charge in [0.1, 0.15) is 22.6 Å². The Kier molecular flexibility index (Phi) is 5.58. The van der Waals surface area contributed by atoms with E-state index in [0.717, 1.165) is 5.39 Å². The third-order valence-electron chi connectivity index (χ3n) is 3.67. The van der Waals surface area contributed by atoms with Gasteiger partial charge in [0.15, 0.2) is 5.75 Å². The fourth-order valence-corrected chi connectivity index (χ4v) is 2.77. The second kappa shape index (κ2) is 8.06.